The number of ether oxygens (including phenoxy) is 1. The van der Waals surface area contributed by atoms with Crippen LogP contribution in [-0.4, -0.2) is 11.6 Å². The Bertz CT molecular complexity index is 576. The fourth-order valence-electron chi connectivity index (χ4n) is 2.26. The average Bonchev–Trinajstić information content (AvgIpc) is 2.47. The average molecular weight is 269 g/mol. The van der Waals surface area contributed by atoms with Crippen molar-refractivity contribution in [2.75, 3.05) is 6.61 Å². The SMILES string of the molecule is Cc1nc(OCCCc2ccccc2)c(C)c(C)c1C. The molecule has 0 amide bonds. The molecule has 0 saturated heterocycles. The number of aryl methyl sites for hydroxylation is 2. The highest BCUT2D eigenvalue weighted by molar-refractivity contribution is 5.40. The lowest BCUT2D eigenvalue weighted by Crippen LogP contribution is -2.05. The van der Waals surface area contributed by atoms with Crippen LogP contribution in [0.25, 0.3) is 0 Å². The van der Waals surface area contributed by atoms with Gasteiger partial charge in [0.2, 0.25) is 5.88 Å². The lowest BCUT2D eigenvalue weighted by atomic mass is 10.1. The Morgan fingerprint density at radius 1 is 0.900 bits per heavy atom. The van der Waals surface area contributed by atoms with Gasteiger partial charge in [-0.3, -0.25) is 0 Å². The van der Waals surface area contributed by atoms with Crippen LogP contribution in [0.3, 0.4) is 0 Å². The van der Waals surface area contributed by atoms with E-state index >= 15 is 0 Å². The number of hydrogen-bond donors (Lipinski definition) is 0. The van der Waals surface area contributed by atoms with Gasteiger partial charge in [0.25, 0.3) is 0 Å². The van der Waals surface area contributed by atoms with Crippen LogP contribution in [0.5, 0.6) is 5.88 Å². The molecule has 0 fully saturated rings. The maximum atomic E-state index is 5.86. The smallest absolute Gasteiger partial charge is 0.216 e. The van der Waals surface area contributed by atoms with E-state index in [1.54, 1.807) is 0 Å². The van der Waals surface area contributed by atoms with Gasteiger partial charge in [-0.05, 0) is 57.2 Å². The highest BCUT2D eigenvalue weighted by atomic mass is 16.5. The molecule has 2 aromatic rings. The van der Waals surface area contributed by atoms with Crippen molar-refractivity contribution in [2.45, 2.75) is 40.5 Å². The van der Waals surface area contributed by atoms with Gasteiger partial charge < -0.3 is 4.74 Å². The number of benzene rings is 1. The summed E-state index contributed by atoms with van der Waals surface area (Å²) in [5, 5.41) is 0. The molecule has 0 unspecified atom stereocenters. The molecule has 0 radical (unpaired) electrons. The Labute approximate surface area is 121 Å². The minimum Gasteiger partial charge on any atom is -0.477 e. The fraction of sp³-hybridized carbons (Fsp3) is 0.389. The van der Waals surface area contributed by atoms with Crippen LogP contribution < -0.4 is 4.74 Å². The van der Waals surface area contributed by atoms with Gasteiger partial charge in [-0.15, -0.1) is 0 Å². The van der Waals surface area contributed by atoms with Crippen molar-refractivity contribution in [3.05, 3.63) is 58.3 Å². The van der Waals surface area contributed by atoms with Crippen LogP contribution in [0.15, 0.2) is 30.3 Å². The van der Waals surface area contributed by atoms with E-state index in [-0.39, 0.29) is 0 Å². The summed E-state index contributed by atoms with van der Waals surface area (Å²) < 4.78 is 5.86. The Hall–Kier alpha value is -1.83. The normalized spacial score (nSPS) is 10.6. The predicted octanol–water partition coefficient (Wildman–Crippen LogP) is 4.33. The monoisotopic (exact) mass is 269 g/mol. The van der Waals surface area contributed by atoms with Crippen molar-refractivity contribution < 1.29 is 4.74 Å². The molecule has 106 valence electrons. The third kappa shape index (κ3) is 3.38. The van der Waals surface area contributed by atoms with Gasteiger partial charge in [-0.2, -0.15) is 0 Å². The molecule has 2 heteroatoms. The summed E-state index contributed by atoms with van der Waals surface area (Å²) in [6, 6.07) is 10.5. The molecule has 20 heavy (non-hydrogen) atoms. The number of rotatable bonds is 5. The number of pyridine rings is 1. The number of hydrogen-bond acceptors (Lipinski definition) is 2. The van der Waals surface area contributed by atoms with Gasteiger partial charge in [0.15, 0.2) is 0 Å². The van der Waals surface area contributed by atoms with Crippen molar-refractivity contribution in [1.29, 1.82) is 0 Å². The molecule has 0 atom stereocenters. The predicted molar refractivity (Wildman–Crippen MR) is 83.4 cm³/mol. The maximum absolute atomic E-state index is 5.86. The molecule has 1 heterocycles. The first-order valence-electron chi connectivity index (χ1n) is 7.20. The zero-order valence-corrected chi connectivity index (χ0v) is 12.9. The van der Waals surface area contributed by atoms with Crippen LogP contribution in [0.4, 0.5) is 0 Å². The van der Waals surface area contributed by atoms with Gasteiger partial charge in [-0.25, -0.2) is 4.98 Å². The Morgan fingerprint density at radius 3 is 2.30 bits per heavy atom. The molecule has 0 N–H and O–H groups in total. The molecule has 0 aliphatic carbocycles. The Morgan fingerprint density at radius 2 is 1.60 bits per heavy atom. The molecular formula is C18H23NO. The third-order valence-electron chi connectivity index (χ3n) is 3.95. The van der Waals surface area contributed by atoms with Crippen molar-refractivity contribution in [3.63, 3.8) is 0 Å². The quantitative estimate of drug-likeness (QED) is 0.754. The second-order valence-corrected chi connectivity index (χ2v) is 5.31. The molecule has 1 aromatic heterocycles. The molecule has 0 aliphatic heterocycles. The molecule has 0 spiro atoms. The largest absolute Gasteiger partial charge is 0.477 e. The summed E-state index contributed by atoms with van der Waals surface area (Å²) in [6.07, 6.45) is 2.06. The Kier molecular flexibility index (Phi) is 4.78. The van der Waals surface area contributed by atoms with E-state index in [0.717, 1.165) is 30.0 Å². The van der Waals surface area contributed by atoms with Crippen LogP contribution in [0.2, 0.25) is 0 Å². The van der Waals surface area contributed by atoms with Gasteiger partial charge in [-0.1, -0.05) is 30.3 Å². The molecule has 0 saturated carbocycles. The van der Waals surface area contributed by atoms with Gasteiger partial charge in [0.1, 0.15) is 0 Å². The summed E-state index contributed by atoms with van der Waals surface area (Å²) in [7, 11) is 0. The highest BCUT2D eigenvalue weighted by Gasteiger charge is 2.09. The van der Waals surface area contributed by atoms with Crippen molar-refractivity contribution in [1.82, 2.24) is 4.98 Å². The summed E-state index contributed by atoms with van der Waals surface area (Å²) in [4.78, 5) is 4.56. The third-order valence-corrected chi connectivity index (χ3v) is 3.95. The van der Waals surface area contributed by atoms with Gasteiger partial charge in [0.05, 0.1) is 6.61 Å². The molecule has 2 nitrogen and oxygen atoms in total. The second-order valence-electron chi connectivity index (χ2n) is 5.31. The molecular weight excluding hydrogens is 246 g/mol. The fourth-order valence-corrected chi connectivity index (χ4v) is 2.26. The topological polar surface area (TPSA) is 22.1 Å². The van der Waals surface area contributed by atoms with E-state index in [1.807, 2.05) is 13.0 Å². The molecule has 0 aliphatic rings. The van der Waals surface area contributed by atoms with E-state index < -0.39 is 0 Å². The zero-order chi connectivity index (χ0) is 14.5. The van der Waals surface area contributed by atoms with E-state index in [0.29, 0.717) is 6.61 Å². The second kappa shape index (κ2) is 6.56. The highest BCUT2D eigenvalue weighted by Crippen LogP contribution is 2.23. The van der Waals surface area contributed by atoms with Crippen LogP contribution >= 0.6 is 0 Å². The lowest BCUT2D eigenvalue weighted by Gasteiger charge is -2.13. The molecule has 2 rings (SSSR count). The van der Waals surface area contributed by atoms with Crippen molar-refractivity contribution >= 4 is 0 Å². The van der Waals surface area contributed by atoms with E-state index in [2.05, 4.69) is 50.0 Å². The maximum Gasteiger partial charge on any atom is 0.216 e. The summed E-state index contributed by atoms with van der Waals surface area (Å²) in [5.41, 5.74) is 6.13. The first-order chi connectivity index (χ1) is 9.59. The summed E-state index contributed by atoms with van der Waals surface area (Å²) in [5.74, 6) is 0.790. The first-order valence-corrected chi connectivity index (χ1v) is 7.20. The van der Waals surface area contributed by atoms with E-state index in [9.17, 15) is 0 Å². The van der Waals surface area contributed by atoms with Crippen LogP contribution in [0.1, 0.15) is 34.4 Å². The molecule has 1 aromatic carbocycles. The van der Waals surface area contributed by atoms with E-state index in [4.69, 9.17) is 4.74 Å². The lowest BCUT2D eigenvalue weighted by molar-refractivity contribution is 0.296. The standard InChI is InChI=1S/C18H23NO/c1-13-14(2)16(4)19-18(15(13)3)20-12-8-11-17-9-6-5-7-10-17/h5-7,9-10H,8,11-12H2,1-4H3. The van der Waals surface area contributed by atoms with Crippen molar-refractivity contribution in [2.24, 2.45) is 0 Å². The van der Waals surface area contributed by atoms with Crippen LogP contribution in [0, 0.1) is 27.7 Å². The van der Waals surface area contributed by atoms with Crippen LogP contribution in [-0.2, 0) is 6.42 Å². The number of aromatic nitrogens is 1. The summed E-state index contributed by atoms with van der Waals surface area (Å²) >= 11 is 0. The summed E-state index contributed by atoms with van der Waals surface area (Å²) in [6.45, 7) is 9.09. The minimum atomic E-state index is 0.713. The van der Waals surface area contributed by atoms with Crippen molar-refractivity contribution in [3.8, 4) is 5.88 Å². The van der Waals surface area contributed by atoms with Gasteiger partial charge >= 0.3 is 0 Å². The van der Waals surface area contributed by atoms with Gasteiger partial charge in [0, 0.05) is 11.3 Å². The Balaban J connectivity index is 1.92. The number of nitrogens with zero attached hydrogens (tertiary/aromatic N) is 1. The first kappa shape index (κ1) is 14.6. The molecule has 0 bridgehead atoms. The zero-order valence-electron chi connectivity index (χ0n) is 12.9. The minimum absolute atomic E-state index is 0.713. The van der Waals surface area contributed by atoms with E-state index in [1.165, 1.54) is 16.7 Å².